The van der Waals surface area contributed by atoms with Gasteiger partial charge in [0.25, 0.3) is 5.89 Å². The summed E-state index contributed by atoms with van der Waals surface area (Å²) in [5.41, 5.74) is 2.65. The van der Waals surface area contributed by atoms with E-state index in [4.69, 9.17) is 13.6 Å². The van der Waals surface area contributed by atoms with Crippen LogP contribution >= 0.6 is 11.8 Å². The minimum Gasteiger partial charge on any atom is -0.494 e. The minimum atomic E-state index is 0.428. The van der Waals surface area contributed by atoms with Gasteiger partial charge in [0.2, 0.25) is 11.0 Å². The first-order chi connectivity index (χ1) is 13.5. The van der Waals surface area contributed by atoms with Gasteiger partial charge in [0.1, 0.15) is 23.0 Å². The maximum absolute atomic E-state index is 5.77. The van der Waals surface area contributed by atoms with Crippen molar-refractivity contribution in [1.29, 1.82) is 0 Å². The van der Waals surface area contributed by atoms with Crippen LogP contribution in [0.1, 0.15) is 23.0 Å². The largest absolute Gasteiger partial charge is 0.494 e. The zero-order valence-corrected chi connectivity index (χ0v) is 16.6. The third-order valence-corrected chi connectivity index (χ3v) is 4.97. The molecule has 10 heteroatoms. The number of ether oxygens (including phenoxy) is 1. The molecule has 0 atom stereocenters. The van der Waals surface area contributed by atoms with Crippen molar-refractivity contribution in [2.24, 2.45) is 0 Å². The number of methoxy groups -OCH3 is 1. The van der Waals surface area contributed by atoms with Crippen molar-refractivity contribution in [3.63, 3.8) is 0 Å². The Bertz CT molecular complexity index is 1120. The van der Waals surface area contributed by atoms with Gasteiger partial charge in [-0.3, -0.25) is 0 Å². The smallest absolute Gasteiger partial charge is 0.251 e. The average molecular weight is 398 g/mol. The summed E-state index contributed by atoms with van der Waals surface area (Å²) < 4.78 is 18.4. The Morgan fingerprint density at radius 3 is 2.68 bits per heavy atom. The van der Waals surface area contributed by atoms with E-state index in [1.165, 1.54) is 11.8 Å². The maximum atomic E-state index is 5.77. The molecule has 3 heterocycles. The molecule has 0 saturated heterocycles. The van der Waals surface area contributed by atoms with Gasteiger partial charge in [-0.25, -0.2) is 0 Å². The highest BCUT2D eigenvalue weighted by molar-refractivity contribution is 7.98. The standard InChI is InChI=1S/C18H18N6O3S/c1-10-5-6-15(25-4)14(7-10)24-18(21-22-23-24)28-9-16-19-20-17(27-16)13-8-11(2)26-12(13)3/h5-8H,9H2,1-4H3. The molecule has 0 aliphatic rings. The average Bonchev–Trinajstić information content (AvgIpc) is 3.39. The Morgan fingerprint density at radius 2 is 1.93 bits per heavy atom. The molecule has 0 spiro atoms. The Balaban J connectivity index is 1.54. The summed E-state index contributed by atoms with van der Waals surface area (Å²) in [5, 5.41) is 20.8. The van der Waals surface area contributed by atoms with Crippen LogP contribution in [0.2, 0.25) is 0 Å². The molecule has 0 saturated carbocycles. The lowest BCUT2D eigenvalue weighted by Gasteiger charge is -2.09. The van der Waals surface area contributed by atoms with Crippen molar-refractivity contribution < 1.29 is 13.6 Å². The molecule has 1 aromatic carbocycles. The molecule has 0 unspecified atom stereocenters. The van der Waals surface area contributed by atoms with Gasteiger partial charge < -0.3 is 13.6 Å². The summed E-state index contributed by atoms with van der Waals surface area (Å²) >= 11 is 1.40. The van der Waals surface area contributed by atoms with Gasteiger partial charge in [-0.15, -0.1) is 15.3 Å². The van der Waals surface area contributed by atoms with Crippen LogP contribution in [-0.4, -0.2) is 37.5 Å². The van der Waals surface area contributed by atoms with Crippen LogP contribution < -0.4 is 4.74 Å². The Kier molecular flexibility index (Phi) is 4.86. The predicted molar refractivity (Wildman–Crippen MR) is 101 cm³/mol. The summed E-state index contributed by atoms with van der Waals surface area (Å²) in [7, 11) is 1.62. The number of furan rings is 1. The van der Waals surface area contributed by atoms with E-state index in [1.807, 2.05) is 45.0 Å². The lowest BCUT2D eigenvalue weighted by Crippen LogP contribution is -2.02. The van der Waals surface area contributed by atoms with Crippen LogP contribution in [0.25, 0.3) is 17.1 Å². The lowest BCUT2D eigenvalue weighted by atomic mass is 10.2. The number of thioether (sulfide) groups is 1. The fraction of sp³-hybridized carbons (Fsp3) is 0.278. The fourth-order valence-corrected chi connectivity index (χ4v) is 3.50. The third kappa shape index (κ3) is 3.50. The van der Waals surface area contributed by atoms with E-state index in [0.717, 1.165) is 28.3 Å². The zero-order chi connectivity index (χ0) is 19.7. The number of tetrazole rings is 1. The van der Waals surface area contributed by atoms with Crippen molar-refractivity contribution in [3.05, 3.63) is 47.2 Å². The first kappa shape index (κ1) is 18.2. The molecule has 144 valence electrons. The summed E-state index contributed by atoms with van der Waals surface area (Å²) in [6.45, 7) is 5.74. The molecule has 0 N–H and O–H groups in total. The number of nitrogens with zero attached hydrogens (tertiary/aromatic N) is 6. The van der Waals surface area contributed by atoms with Crippen molar-refractivity contribution in [2.45, 2.75) is 31.7 Å². The van der Waals surface area contributed by atoms with E-state index in [0.29, 0.717) is 28.4 Å². The van der Waals surface area contributed by atoms with Crippen LogP contribution in [0, 0.1) is 20.8 Å². The van der Waals surface area contributed by atoms with E-state index in [1.54, 1.807) is 11.8 Å². The van der Waals surface area contributed by atoms with Crippen molar-refractivity contribution in [2.75, 3.05) is 7.11 Å². The highest BCUT2D eigenvalue weighted by atomic mass is 32.2. The Hall–Kier alpha value is -3.14. The van der Waals surface area contributed by atoms with E-state index in [-0.39, 0.29) is 0 Å². The van der Waals surface area contributed by atoms with Gasteiger partial charge in [-0.2, -0.15) is 4.68 Å². The molecule has 28 heavy (non-hydrogen) atoms. The van der Waals surface area contributed by atoms with Gasteiger partial charge in [0.05, 0.1) is 18.4 Å². The molecule has 4 rings (SSSR count). The maximum Gasteiger partial charge on any atom is 0.251 e. The van der Waals surface area contributed by atoms with Gasteiger partial charge in [0.15, 0.2) is 0 Å². The topological polar surface area (TPSA) is 105 Å². The van der Waals surface area contributed by atoms with E-state index < -0.39 is 0 Å². The number of rotatable bonds is 6. The van der Waals surface area contributed by atoms with Crippen LogP contribution in [-0.2, 0) is 5.75 Å². The highest BCUT2D eigenvalue weighted by Crippen LogP contribution is 2.30. The number of aromatic nitrogens is 6. The monoisotopic (exact) mass is 398 g/mol. The summed E-state index contributed by atoms with van der Waals surface area (Å²) in [4.78, 5) is 0. The van der Waals surface area contributed by atoms with Crippen LogP contribution in [0.4, 0.5) is 0 Å². The first-order valence-electron chi connectivity index (χ1n) is 8.51. The van der Waals surface area contributed by atoms with E-state index >= 15 is 0 Å². The van der Waals surface area contributed by atoms with Gasteiger partial charge in [-0.05, 0) is 55.0 Å². The van der Waals surface area contributed by atoms with Crippen LogP contribution in [0.15, 0.2) is 38.3 Å². The van der Waals surface area contributed by atoms with Crippen molar-refractivity contribution >= 4 is 11.8 Å². The number of hydrogen-bond donors (Lipinski definition) is 0. The number of hydrogen-bond acceptors (Lipinski definition) is 9. The second kappa shape index (κ2) is 7.47. The summed E-state index contributed by atoms with van der Waals surface area (Å²) in [6.07, 6.45) is 0. The zero-order valence-electron chi connectivity index (χ0n) is 15.8. The molecule has 0 fully saturated rings. The second-order valence-electron chi connectivity index (χ2n) is 6.17. The van der Waals surface area contributed by atoms with Crippen LogP contribution in [0.3, 0.4) is 0 Å². The molecule has 3 aromatic heterocycles. The molecule has 0 aliphatic heterocycles. The molecular formula is C18H18N6O3S. The van der Waals surface area contributed by atoms with Crippen molar-refractivity contribution in [1.82, 2.24) is 30.4 Å². The summed E-state index contributed by atoms with van der Waals surface area (Å²) in [5.74, 6) is 3.57. The second-order valence-corrected chi connectivity index (χ2v) is 7.11. The molecular weight excluding hydrogens is 380 g/mol. The highest BCUT2D eigenvalue weighted by Gasteiger charge is 2.17. The normalized spacial score (nSPS) is 11.1. The number of aryl methyl sites for hydroxylation is 3. The molecule has 4 aromatic rings. The first-order valence-corrected chi connectivity index (χ1v) is 9.49. The van der Waals surface area contributed by atoms with Gasteiger partial charge >= 0.3 is 0 Å². The van der Waals surface area contributed by atoms with E-state index in [9.17, 15) is 0 Å². The van der Waals surface area contributed by atoms with Crippen molar-refractivity contribution in [3.8, 4) is 22.9 Å². The third-order valence-electron chi connectivity index (χ3n) is 4.07. The summed E-state index contributed by atoms with van der Waals surface area (Å²) in [6, 6.07) is 7.71. The molecule has 0 aliphatic carbocycles. The molecule has 0 radical (unpaired) electrons. The number of benzene rings is 1. The fourth-order valence-electron chi connectivity index (χ4n) is 2.78. The lowest BCUT2D eigenvalue weighted by molar-refractivity contribution is 0.410. The Morgan fingerprint density at radius 1 is 1.07 bits per heavy atom. The quantitative estimate of drug-likeness (QED) is 0.451. The molecule has 0 bridgehead atoms. The van der Waals surface area contributed by atoms with E-state index in [2.05, 4.69) is 25.7 Å². The predicted octanol–water partition coefficient (Wildman–Crippen LogP) is 3.53. The minimum absolute atomic E-state index is 0.428. The SMILES string of the molecule is COc1ccc(C)cc1-n1nnnc1SCc1nnc(-c2cc(C)oc2C)o1. The van der Waals surface area contributed by atoms with Crippen LogP contribution in [0.5, 0.6) is 5.75 Å². The van der Waals surface area contributed by atoms with Gasteiger partial charge in [-0.1, -0.05) is 17.8 Å². The molecule has 0 amide bonds. The van der Waals surface area contributed by atoms with Gasteiger partial charge in [0, 0.05) is 0 Å². The Labute approximate surface area is 165 Å². The molecule has 9 nitrogen and oxygen atoms in total.